The van der Waals surface area contributed by atoms with Crippen molar-refractivity contribution in [3.63, 3.8) is 0 Å². The zero-order valence-corrected chi connectivity index (χ0v) is 17.1. The van der Waals surface area contributed by atoms with Gasteiger partial charge in [0, 0.05) is 44.0 Å². The van der Waals surface area contributed by atoms with Crippen molar-refractivity contribution in [2.75, 3.05) is 31.1 Å². The largest absolute Gasteiger partial charge is 0.393 e. The van der Waals surface area contributed by atoms with Crippen molar-refractivity contribution < 1.29 is 5.11 Å². The minimum absolute atomic E-state index is 0.0403. The number of fused-ring (bicyclic) bond motifs is 1. The molecule has 1 atom stereocenters. The second kappa shape index (κ2) is 8.20. The average molecular weight is 409 g/mol. The highest BCUT2D eigenvalue weighted by Gasteiger charge is 2.25. The van der Waals surface area contributed by atoms with Gasteiger partial charge in [0.15, 0.2) is 0 Å². The Bertz CT molecular complexity index is 1070. The Morgan fingerprint density at radius 3 is 2.77 bits per heavy atom. The Labute approximate surface area is 175 Å². The number of pyridine rings is 1. The van der Waals surface area contributed by atoms with E-state index in [1.807, 2.05) is 35.2 Å². The van der Waals surface area contributed by atoms with Crippen LogP contribution in [0.15, 0.2) is 47.7 Å². The van der Waals surface area contributed by atoms with Crippen LogP contribution in [0.5, 0.6) is 0 Å². The lowest BCUT2D eigenvalue weighted by Crippen LogP contribution is -2.41. The second-order valence-electron chi connectivity index (χ2n) is 8.45. The van der Waals surface area contributed by atoms with E-state index >= 15 is 0 Å². The number of aliphatic hydroxyl groups is 1. The molecule has 2 aliphatic heterocycles. The fourth-order valence-corrected chi connectivity index (χ4v) is 4.70. The summed E-state index contributed by atoms with van der Waals surface area (Å²) in [6.45, 7) is 4.19. The van der Waals surface area contributed by atoms with Gasteiger partial charge >= 0.3 is 0 Å². The second-order valence-corrected chi connectivity index (χ2v) is 8.45. The summed E-state index contributed by atoms with van der Waals surface area (Å²) in [4.78, 5) is 17.4. The average Bonchev–Trinajstić information content (AvgIpc) is 3.17. The number of likely N-dealkylation sites (tertiary alicyclic amines) is 1. The summed E-state index contributed by atoms with van der Waals surface area (Å²) in [6, 6.07) is 7.90. The Kier molecular flexibility index (Phi) is 5.26. The van der Waals surface area contributed by atoms with E-state index in [9.17, 15) is 9.90 Å². The molecule has 3 aromatic heterocycles. The SMILES string of the molecule is O=c1cc(N2CCC(O)CC2)cnn1[C@@H]1CCCN(Cc2cnn3ccccc23)C1. The van der Waals surface area contributed by atoms with Crippen LogP contribution in [-0.2, 0) is 6.54 Å². The molecule has 3 aromatic rings. The molecule has 0 saturated carbocycles. The summed E-state index contributed by atoms with van der Waals surface area (Å²) in [7, 11) is 0. The molecule has 0 aliphatic carbocycles. The molecule has 0 aromatic carbocycles. The smallest absolute Gasteiger partial charge is 0.269 e. The highest BCUT2D eigenvalue weighted by atomic mass is 16.3. The fraction of sp³-hybridized carbons (Fsp3) is 0.500. The molecule has 2 aliphatic rings. The molecule has 2 fully saturated rings. The van der Waals surface area contributed by atoms with Crippen molar-refractivity contribution in [3.8, 4) is 0 Å². The number of aromatic nitrogens is 4. The Morgan fingerprint density at radius 2 is 1.93 bits per heavy atom. The first kappa shape index (κ1) is 19.3. The summed E-state index contributed by atoms with van der Waals surface area (Å²) >= 11 is 0. The van der Waals surface area contributed by atoms with E-state index in [2.05, 4.69) is 26.1 Å². The molecule has 0 bridgehead atoms. The maximum absolute atomic E-state index is 12.8. The minimum atomic E-state index is -0.226. The van der Waals surface area contributed by atoms with E-state index in [4.69, 9.17) is 0 Å². The summed E-state index contributed by atoms with van der Waals surface area (Å²) in [5, 5.41) is 18.7. The summed E-state index contributed by atoms with van der Waals surface area (Å²) < 4.78 is 3.56. The number of piperidine rings is 2. The molecule has 5 heterocycles. The van der Waals surface area contributed by atoms with Crippen molar-refractivity contribution in [1.29, 1.82) is 0 Å². The zero-order chi connectivity index (χ0) is 20.5. The number of hydrogen-bond acceptors (Lipinski definition) is 6. The molecule has 8 nitrogen and oxygen atoms in total. The monoisotopic (exact) mass is 408 g/mol. The maximum Gasteiger partial charge on any atom is 0.269 e. The van der Waals surface area contributed by atoms with E-state index < -0.39 is 0 Å². The standard InChI is InChI=1S/C22H28N6O2/c29-20-6-10-26(11-7-20)19-12-22(30)28(24-14-19)18-4-3-8-25(16-18)15-17-13-23-27-9-2-1-5-21(17)27/h1-2,5,9,12-14,18,20,29H,3-4,6-8,10-11,15-16H2/t18-/m1/s1. The lowest BCUT2D eigenvalue weighted by molar-refractivity contribution is 0.145. The number of aliphatic hydroxyl groups excluding tert-OH is 1. The van der Waals surface area contributed by atoms with Gasteiger partial charge in [-0.3, -0.25) is 9.69 Å². The lowest BCUT2D eigenvalue weighted by atomic mass is 10.0. The van der Waals surface area contributed by atoms with Crippen LogP contribution >= 0.6 is 0 Å². The highest BCUT2D eigenvalue weighted by molar-refractivity contribution is 5.53. The molecule has 5 rings (SSSR count). The maximum atomic E-state index is 12.8. The van der Waals surface area contributed by atoms with Crippen molar-refractivity contribution in [3.05, 3.63) is 58.8 Å². The van der Waals surface area contributed by atoms with E-state index in [1.54, 1.807) is 10.7 Å². The molecule has 158 valence electrons. The fourth-order valence-electron chi connectivity index (χ4n) is 4.70. The van der Waals surface area contributed by atoms with Gasteiger partial charge in [0.2, 0.25) is 0 Å². The van der Waals surface area contributed by atoms with Crippen molar-refractivity contribution in [1.82, 2.24) is 24.3 Å². The molecule has 0 radical (unpaired) electrons. The van der Waals surface area contributed by atoms with Gasteiger partial charge in [-0.15, -0.1) is 0 Å². The van der Waals surface area contributed by atoms with Crippen LogP contribution in [0.25, 0.3) is 5.52 Å². The number of rotatable bonds is 4. The van der Waals surface area contributed by atoms with Gasteiger partial charge in [0.25, 0.3) is 5.56 Å². The third-order valence-corrected chi connectivity index (χ3v) is 6.37. The van der Waals surface area contributed by atoms with Crippen LogP contribution in [0, 0.1) is 0 Å². The Balaban J connectivity index is 1.29. The number of nitrogens with zero attached hydrogens (tertiary/aromatic N) is 6. The zero-order valence-electron chi connectivity index (χ0n) is 17.1. The molecular weight excluding hydrogens is 380 g/mol. The number of anilines is 1. The van der Waals surface area contributed by atoms with Gasteiger partial charge in [-0.2, -0.15) is 10.2 Å². The third kappa shape index (κ3) is 3.85. The topological polar surface area (TPSA) is 78.9 Å². The van der Waals surface area contributed by atoms with Gasteiger partial charge in [0.1, 0.15) is 0 Å². The van der Waals surface area contributed by atoms with E-state index in [0.717, 1.165) is 69.6 Å². The number of hydrogen-bond donors (Lipinski definition) is 1. The van der Waals surface area contributed by atoms with Crippen LogP contribution in [-0.4, -0.2) is 61.7 Å². The van der Waals surface area contributed by atoms with Gasteiger partial charge in [-0.25, -0.2) is 9.20 Å². The van der Waals surface area contributed by atoms with Crippen LogP contribution in [0.4, 0.5) is 5.69 Å². The Hall–Kier alpha value is -2.71. The van der Waals surface area contributed by atoms with Crippen LogP contribution in [0.2, 0.25) is 0 Å². The first-order chi connectivity index (χ1) is 14.7. The Morgan fingerprint density at radius 1 is 1.07 bits per heavy atom. The highest BCUT2D eigenvalue weighted by Crippen LogP contribution is 2.23. The summed E-state index contributed by atoms with van der Waals surface area (Å²) in [6.07, 6.45) is 8.98. The van der Waals surface area contributed by atoms with E-state index in [-0.39, 0.29) is 17.7 Å². The summed E-state index contributed by atoms with van der Waals surface area (Å²) in [5.74, 6) is 0. The molecule has 8 heteroatoms. The molecule has 1 N–H and O–H groups in total. The summed E-state index contributed by atoms with van der Waals surface area (Å²) in [5.41, 5.74) is 3.16. The quantitative estimate of drug-likeness (QED) is 0.708. The minimum Gasteiger partial charge on any atom is -0.393 e. The first-order valence-electron chi connectivity index (χ1n) is 10.8. The predicted molar refractivity (Wildman–Crippen MR) is 115 cm³/mol. The normalized spacial score (nSPS) is 21.4. The van der Waals surface area contributed by atoms with Crippen LogP contribution in [0.1, 0.15) is 37.3 Å². The van der Waals surface area contributed by atoms with Gasteiger partial charge in [0.05, 0.1) is 35.7 Å². The molecular formula is C22H28N6O2. The van der Waals surface area contributed by atoms with Gasteiger partial charge in [-0.1, -0.05) is 6.07 Å². The van der Waals surface area contributed by atoms with E-state index in [1.165, 1.54) is 5.56 Å². The van der Waals surface area contributed by atoms with Crippen LogP contribution in [0.3, 0.4) is 0 Å². The molecule has 2 saturated heterocycles. The molecule has 0 spiro atoms. The van der Waals surface area contributed by atoms with Crippen LogP contribution < -0.4 is 10.5 Å². The van der Waals surface area contributed by atoms with Gasteiger partial charge < -0.3 is 10.0 Å². The van der Waals surface area contributed by atoms with Gasteiger partial charge in [-0.05, 0) is 44.4 Å². The van der Waals surface area contributed by atoms with E-state index in [0.29, 0.717) is 0 Å². The van der Waals surface area contributed by atoms with Crippen molar-refractivity contribution in [2.24, 2.45) is 0 Å². The third-order valence-electron chi connectivity index (χ3n) is 6.37. The molecule has 0 amide bonds. The molecule has 0 unspecified atom stereocenters. The van der Waals surface area contributed by atoms with Crippen molar-refractivity contribution >= 4 is 11.2 Å². The molecule has 30 heavy (non-hydrogen) atoms. The first-order valence-corrected chi connectivity index (χ1v) is 10.8. The predicted octanol–water partition coefficient (Wildman–Crippen LogP) is 1.69. The van der Waals surface area contributed by atoms with Crippen molar-refractivity contribution in [2.45, 2.75) is 44.4 Å². The lowest BCUT2D eigenvalue weighted by Gasteiger charge is -2.33.